The molecule has 2 saturated heterocycles. The number of carbonyl (C=O) groups excluding carboxylic acids is 1. The van der Waals surface area contributed by atoms with Gasteiger partial charge in [0, 0.05) is 59.6 Å². The van der Waals surface area contributed by atoms with Gasteiger partial charge in [0.15, 0.2) is 5.82 Å². The van der Waals surface area contributed by atoms with E-state index in [0.29, 0.717) is 59.8 Å². The fraction of sp³-hybridized carbons (Fsp3) is 0.344. The molecule has 1 amide bonds. The zero-order chi connectivity index (χ0) is 30.4. The van der Waals surface area contributed by atoms with Crippen LogP contribution in [0.2, 0.25) is 10.0 Å². The molecule has 3 aromatic carbocycles. The van der Waals surface area contributed by atoms with Crippen LogP contribution >= 0.6 is 23.2 Å². The maximum atomic E-state index is 16.8. The van der Waals surface area contributed by atoms with Gasteiger partial charge in [-0.3, -0.25) is 9.69 Å². The first-order valence-corrected chi connectivity index (χ1v) is 14.9. The second kappa shape index (κ2) is 11.9. The second-order valence-electron chi connectivity index (χ2n) is 11.2. The maximum absolute atomic E-state index is 16.8. The highest BCUT2D eigenvalue weighted by atomic mass is 35.5. The molecule has 43 heavy (non-hydrogen) atoms. The van der Waals surface area contributed by atoms with Crippen LogP contribution in [0, 0.1) is 5.82 Å². The van der Waals surface area contributed by atoms with E-state index >= 15 is 4.39 Å². The van der Waals surface area contributed by atoms with Gasteiger partial charge in [-0.1, -0.05) is 60.1 Å². The number of alkyl halides is 1. The molecule has 7 nitrogen and oxygen atoms in total. The number of aromatic nitrogens is 2. The summed E-state index contributed by atoms with van der Waals surface area (Å²) in [6.45, 7) is 7.36. The summed E-state index contributed by atoms with van der Waals surface area (Å²) < 4.78 is 36.8. The van der Waals surface area contributed by atoms with E-state index in [0.717, 1.165) is 5.39 Å². The molecule has 0 unspecified atom stereocenters. The van der Waals surface area contributed by atoms with Gasteiger partial charge in [-0.25, -0.2) is 8.78 Å². The van der Waals surface area contributed by atoms with E-state index < -0.39 is 12.0 Å². The Morgan fingerprint density at radius 2 is 1.91 bits per heavy atom. The number of ether oxygens (including phenoxy) is 1. The number of rotatable bonds is 6. The number of piperazine rings is 1. The monoisotopic (exact) mass is 625 g/mol. The summed E-state index contributed by atoms with van der Waals surface area (Å²) in [5, 5.41) is 2.61. The third kappa shape index (κ3) is 5.50. The topological polar surface area (TPSA) is 61.8 Å². The lowest BCUT2D eigenvalue weighted by molar-refractivity contribution is -0.126. The van der Waals surface area contributed by atoms with Gasteiger partial charge in [0.25, 0.3) is 0 Å². The lowest BCUT2D eigenvalue weighted by atomic mass is 9.96. The minimum atomic E-state index is -0.934. The van der Waals surface area contributed by atoms with Crippen molar-refractivity contribution in [1.82, 2.24) is 19.8 Å². The van der Waals surface area contributed by atoms with Crippen LogP contribution in [-0.2, 0) is 4.79 Å². The number of likely N-dealkylation sites (N-methyl/N-ethyl adjacent to an activating group) is 1. The van der Waals surface area contributed by atoms with Crippen molar-refractivity contribution in [3.05, 3.63) is 71.0 Å². The quantitative estimate of drug-likeness (QED) is 0.227. The van der Waals surface area contributed by atoms with Crippen LogP contribution in [0.5, 0.6) is 6.01 Å². The third-order valence-electron chi connectivity index (χ3n) is 8.39. The summed E-state index contributed by atoms with van der Waals surface area (Å²) in [6, 6.07) is 12.4. The minimum Gasteiger partial charge on any atom is -0.462 e. The van der Waals surface area contributed by atoms with E-state index in [9.17, 15) is 9.18 Å². The van der Waals surface area contributed by atoms with Crippen molar-refractivity contribution in [2.45, 2.75) is 31.6 Å². The Bertz CT molecular complexity index is 1730. The van der Waals surface area contributed by atoms with Crippen molar-refractivity contribution < 1.29 is 18.3 Å². The van der Waals surface area contributed by atoms with Crippen LogP contribution in [0.15, 0.2) is 55.1 Å². The minimum absolute atomic E-state index is 0.0156. The fourth-order valence-corrected chi connectivity index (χ4v) is 6.75. The number of benzene rings is 3. The third-order valence-corrected chi connectivity index (χ3v) is 9.01. The summed E-state index contributed by atoms with van der Waals surface area (Å²) in [7, 11) is 1.84. The van der Waals surface area contributed by atoms with Gasteiger partial charge in [-0.15, -0.1) is 0 Å². The van der Waals surface area contributed by atoms with Crippen LogP contribution in [0.25, 0.3) is 32.8 Å². The molecule has 1 aromatic heterocycles. The van der Waals surface area contributed by atoms with E-state index in [1.807, 2.05) is 48.0 Å². The SMILES string of the molecule is C=CC(=O)N1CCN(c2nc(OC[C@@H]3C[C@@H](F)CN3C)nc3c(F)c(-c4cccc5cccc(Cl)c45)c(Cl)cc23)[C@@H](C)C1. The largest absolute Gasteiger partial charge is 0.462 e. The van der Waals surface area contributed by atoms with Crippen molar-refractivity contribution in [1.29, 1.82) is 0 Å². The molecule has 224 valence electrons. The van der Waals surface area contributed by atoms with Crippen molar-refractivity contribution >= 4 is 56.6 Å². The van der Waals surface area contributed by atoms with Crippen LogP contribution < -0.4 is 9.64 Å². The molecule has 3 heterocycles. The predicted molar refractivity (Wildman–Crippen MR) is 167 cm³/mol. The summed E-state index contributed by atoms with van der Waals surface area (Å²) >= 11 is 13.4. The van der Waals surface area contributed by atoms with Crippen LogP contribution in [-0.4, -0.2) is 83.8 Å². The summed E-state index contributed by atoms with van der Waals surface area (Å²) in [4.78, 5) is 27.2. The highest BCUT2D eigenvalue weighted by Gasteiger charge is 2.32. The molecule has 0 spiro atoms. The van der Waals surface area contributed by atoms with Gasteiger partial charge in [-0.05, 0) is 49.6 Å². The summed E-state index contributed by atoms with van der Waals surface area (Å²) in [5.41, 5.74) is 0.763. The fourth-order valence-electron chi connectivity index (χ4n) is 6.17. The highest BCUT2D eigenvalue weighted by Crippen LogP contribution is 2.43. The highest BCUT2D eigenvalue weighted by molar-refractivity contribution is 6.38. The molecule has 0 bridgehead atoms. The molecular formula is C32H31Cl2F2N5O2. The van der Waals surface area contributed by atoms with Crippen molar-refractivity contribution in [3.63, 3.8) is 0 Å². The van der Waals surface area contributed by atoms with Gasteiger partial charge in [0.1, 0.15) is 24.1 Å². The molecule has 3 atom stereocenters. The standard InChI is InChI=1S/C32H31Cl2F2N5O2/c1-4-26(42)40-11-12-41(18(2)15-40)31-23-14-25(34)28(22-9-5-7-19-8-6-10-24(33)27(19)22)29(36)30(23)37-32(38-31)43-17-21-13-20(35)16-39(21)3/h4-10,14,18,20-21H,1,11-13,15-17H2,2-3H3/t18-,20+,21-/m0/s1. The van der Waals surface area contributed by atoms with E-state index in [4.69, 9.17) is 32.9 Å². The first-order valence-electron chi connectivity index (χ1n) is 14.2. The van der Waals surface area contributed by atoms with Crippen LogP contribution in [0.1, 0.15) is 13.3 Å². The number of amides is 1. The molecule has 2 aliphatic rings. The average molecular weight is 627 g/mol. The zero-order valence-electron chi connectivity index (χ0n) is 23.9. The molecule has 2 aliphatic heterocycles. The molecule has 4 aromatic rings. The van der Waals surface area contributed by atoms with Gasteiger partial charge < -0.3 is 14.5 Å². The molecule has 0 saturated carbocycles. The van der Waals surface area contributed by atoms with Gasteiger partial charge in [0.05, 0.1) is 5.02 Å². The van der Waals surface area contributed by atoms with E-state index in [1.165, 1.54) is 6.08 Å². The average Bonchev–Trinajstić information content (AvgIpc) is 3.32. The van der Waals surface area contributed by atoms with E-state index in [2.05, 4.69) is 11.6 Å². The van der Waals surface area contributed by atoms with Crippen molar-refractivity contribution in [3.8, 4) is 17.1 Å². The molecule has 2 fully saturated rings. The number of hydrogen-bond acceptors (Lipinski definition) is 6. The maximum Gasteiger partial charge on any atom is 0.319 e. The Morgan fingerprint density at radius 3 is 2.60 bits per heavy atom. The zero-order valence-corrected chi connectivity index (χ0v) is 25.4. The molecule has 6 rings (SSSR count). The predicted octanol–water partition coefficient (Wildman–Crippen LogP) is 6.54. The molecular weight excluding hydrogens is 595 g/mol. The van der Waals surface area contributed by atoms with Crippen LogP contribution in [0.3, 0.4) is 0 Å². The lowest BCUT2D eigenvalue weighted by Crippen LogP contribution is -2.53. The molecule has 0 radical (unpaired) electrons. The second-order valence-corrected chi connectivity index (χ2v) is 12.0. The first-order chi connectivity index (χ1) is 20.7. The Kier molecular flexibility index (Phi) is 8.15. The van der Waals surface area contributed by atoms with Gasteiger partial charge in [-0.2, -0.15) is 9.97 Å². The smallest absolute Gasteiger partial charge is 0.319 e. The first kappa shape index (κ1) is 29.5. The van der Waals surface area contributed by atoms with Gasteiger partial charge >= 0.3 is 6.01 Å². The Morgan fingerprint density at radius 1 is 1.14 bits per heavy atom. The summed E-state index contributed by atoms with van der Waals surface area (Å²) in [5.74, 6) is -0.328. The number of halogens is 4. The molecule has 0 aliphatic carbocycles. The van der Waals surface area contributed by atoms with Crippen molar-refractivity contribution in [2.75, 3.05) is 44.7 Å². The number of carbonyl (C=O) groups is 1. The van der Waals surface area contributed by atoms with E-state index in [-0.39, 0.29) is 46.7 Å². The number of nitrogens with zero attached hydrogens (tertiary/aromatic N) is 5. The van der Waals surface area contributed by atoms with E-state index in [1.54, 1.807) is 23.1 Å². The van der Waals surface area contributed by atoms with Crippen molar-refractivity contribution in [2.24, 2.45) is 0 Å². The Hall–Kier alpha value is -3.53. The summed E-state index contributed by atoms with van der Waals surface area (Å²) in [6.07, 6.45) is 0.701. The number of anilines is 1. The van der Waals surface area contributed by atoms with Gasteiger partial charge in [0.2, 0.25) is 5.91 Å². The molecule has 11 heteroatoms. The van der Waals surface area contributed by atoms with Crippen LogP contribution in [0.4, 0.5) is 14.6 Å². The lowest BCUT2D eigenvalue weighted by Gasteiger charge is -2.40. The molecule has 0 N–H and O–H groups in total. The number of likely N-dealkylation sites (tertiary alicyclic amines) is 1. The Balaban J connectivity index is 1.49. The number of hydrogen-bond donors (Lipinski definition) is 0. The Labute approximate surface area is 258 Å². The normalized spacial score (nSPS) is 21.1. The number of fused-ring (bicyclic) bond motifs is 2.